The number of anilines is 1. The molecule has 1 N–H and O–H groups in total. The molecule has 0 atom stereocenters. The minimum atomic E-state index is -0.237. The number of carbonyl (C=O) groups excluding carboxylic acids is 1. The van der Waals surface area contributed by atoms with Gasteiger partial charge in [-0.15, -0.1) is 0 Å². The van der Waals surface area contributed by atoms with Crippen molar-refractivity contribution in [2.45, 2.75) is 6.54 Å². The van der Waals surface area contributed by atoms with Gasteiger partial charge in [0.2, 0.25) is 0 Å². The normalized spacial score (nSPS) is 14.3. The van der Waals surface area contributed by atoms with Crippen molar-refractivity contribution in [2.75, 3.05) is 38.2 Å². The molecule has 1 heterocycles. The number of nitrogens with one attached hydrogen (secondary N) is 1. The fourth-order valence-corrected chi connectivity index (χ4v) is 2.89. The van der Waals surface area contributed by atoms with Crippen molar-refractivity contribution in [2.24, 2.45) is 0 Å². The summed E-state index contributed by atoms with van der Waals surface area (Å²) >= 11 is 0. The van der Waals surface area contributed by atoms with E-state index in [9.17, 15) is 9.18 Å². The maximum atomic E-state index is 13.0. The van der Waals surface area contributed by atoms with Gasteiger partial charge in [-0.05, 0) is 42.0 Å². The van der Waals surface area contributed by atoms with E-state index in [0.29, 0.717) is 19.6 Å². The van der Waals surface area contributed by atoms with E-state index in [4.69, 9.17) is 4.74 Å². The Balaban J connectivity index is 1.48. The van der Waals surface area contributed by atoms with E-state index < -0.39 is 0 Å². The Morgan fingerprint density at radius 2 is 1.84 bits per heavy atom. The van der Waals surface area contributed by atoms with Crippen molar-refractivity contribution in [1.82, 2.24) is 10.2 Å². The van der Waals surface area contributed by atoms with Crippen LogP contribution in [-0.2, 0) is 6.54 Å². The number of methoxy groups -OCH3 is 1. The summed E-state index contributed by atoms with van der Waals surface area (Å²) in [7, 11) is 1.62. The van der Waals surface area contributed by atoms with Crippen molar-refractivity contribution < 1.29 is 13.9 Å². The van der Waals surface area contributed by atoms with E-state index in [0.717, 1.165) is 30.1 Å². The van der Waals surface area contributed by atoms with Crippen LogP contribution in [0.25, 0.3) is 0 Å². The maximum Gasteiger partial charge on any atom is 0.317 e. The Hall–Kier alpha value is -2.76. The maximum absolute atomic E-state index is 13.0. The summed E-state index contributed by atoms with van der Waals surface area (Å²) < 4.78 is 18.2. The highest BCUT2D eigenvalue weighted by Gasteiger charge is 2.21. The van der Waals surface area contributed by atoms with E-state index in [2.05, 4.69) is 10.2 Å². The summed E-state index contributed by atoms with van der Waals surface area (Å²) in [6.45, 7) is 3.22. The Labute approximate surface area is 147 Å². The number of benzene rings is 2. The minimum Gasteiger partial charge on any atom is -0.497 e. The number of hydrogen-bond acceptors (Lipinski definition) is 3. The zero-order chi connectivity index (χ0) is 17.6. The molecule has 1 aliphatic rings. The second kappa shape index (κ2) is 7.88. The first-order chi connectivity index (χ1) is 12.2. The standard InChI is InChI=1S/C19H22FN3O2/c1-25-18-4-2-3-15(13-18)14-21-19(24)23-11-9-22(10-12-23)17-7-5-16(20)6-8-17/h2-8,13H,9-12,14H2,1H3,(H,21,24). The zero-order valence-corrected chi connectivity index (χ0v) is 14.2. The lowest BCUT2D eigenvalue weighted by Crippen LogP contribution is -2.51. The Kier molecular flexibility index (Phi) is 5.38. The molecular formula is C19H22FN3O2. The zero-order valence-electron chi connectivity index (χ0n) is 14.2. The van der Waals surface area contributed by atoms with Gasteiger partial charge >= 0.3 is 6.03 Å². The van der Waals surface area contributed by atoms with Gasteiger partial charge in [0.25, 0.3) is 0 Å². The van der Waals surface area contributed by atoms with Crippen LogP contribution in [0.1, 0.15) is 5.56 Å². The average molecular weight is 343 g/mol. The molecule has 0 spiro atoms. The fourth-order valence-electron chi connectivity index (χ4n) is 2.89. The molecule has 132 valence electrons. The number of urea groups is 1. The summed E-state index contributed by atoms with van der Waals surface area (Å²) in [5.74, 6) is 0.541. The molecule has 1 aliphatic heterocycles. The number of halogens is 1. The van der Waals surface area contributed by atoms with Gasteiger partial charge in [-0.3, -0.25) is 0 Å². The van der Waals surface area contributed by atoms with Gasteiger partial charge in [0.15, 0.2) is 0 Å². The van der Waals surface area contributed by atoms with Crippen LogP contribution < -0.4 is 15.0 Å². The number of nitrogens with zero attached hydrogens (tertiary/aromatic N) is 2. The van der Waals surface area contributed by atoms with Crippen molar-refractivity contribution in [3.63, 3.8) is 0 Å². The van der Waals surface area contributed by atoms with Gasteiger partial charge < -0.3 is 19.9 Å². The minimum absolute atomic E-state index is 0.0680. The molecule has 0 bridgehead atoms. The van der Waals surface area contributed by atoms with E-state index in [-0.39, 0.29) is 11.8 Å². The molecule has 3 rings (SSSR count). The highest BCUT2D eigenvalue weighted by atomic mass is 19.1. The number of carbonyl (C=O) groups is 1. The number of hydrogen-bond donors (Lipinski definition) is 1. The van der Waals surface area contributed by atoms with Crippen LogP contribution in [0.15, 0.2) is 48.5 Å². The molecule has 0 saturated carbocycles. The van der Waals surface area contributed by atoms with Gasteiger partial charge in [0.1, 0.15) is 11.6 Å². The predicted octanol–water partition coefficient (Wildman–Crippen LogP) is 2.87. The van der Waals surface area contributed by atoms with E-state index in [1.54, 1.807) is 24.1 Å². The van der Waals surface area contributed by atoms with Crippen LogP contribution in [-0.4, -0.2) is 44.2 Å². The first kappa shape index (κ1) is 17.1. The number of amides is 2. The SMILES string of the molecule is COc1cccc(CNC(=O)N2CCN(c3ccc(F)cc3)CC2)c1. The largest absolute Gasteiger partial charge is 0.497 e. The molecule has 6 heteroatoms. The molecule has 5 nitrogen and oxygen atoms in total. The average Bonchev–Trinajstić information content (AvgIpc) is 2.67. The molecule has 2 aromatic rings. The van der Waals surface area contributed by atoms with Crippen LogP contribution in [0.2, 0.25) is 0 Å². The fraction of sp³-hybridized carbons (Fsp3) is 0.316. The Morgan fingerprint density at radius 1 is 1.12 bits per heavy atom. The van der Waals surface area contributed by atoms with Crippen LogP contribution in [0, 0.1) is 5.82 Å². The number of piperazine rings is 1. The van der Waals surface area contributed by atoms with E-state index in [1.807, 2.05) is 24.3 Å². The number of rotatable bonds is 4. The lowest BCUT2D eigenvalue weighted by atomic mass is 10.2. The van der Waals surface area contributed by atoms with Crippen LogP contribution in [0.5, 0.6) is 5.75 Å². The molecule has 2 aromatic carbocycles. The van der Waals surface area contributed by atoms with Crippen molar-refractivity contribution in [3.8, 4) is 5.75 Å². The van der Waals surface area contributed by atoms with Gasteiger partial charge in [-0.25, -0.2) is 9.18 Å². The topological polar surface area (TPSA) is 44.8 Å². The quantitative estimate of drug-likeness (QED) is 0.928. The Bertz CT molecular complexity index is 713. The van der Waals surface area contributed by atoms with Crippen molar-refractivity contribution in [1.29, 1.82) is 0 Å². The molecule has 0 aliphatic carbocycles. The molecule has 0 aromatic heterocycles. The van der Waals surface area contributed by atoms with E-state index in [1.165, 1.54) is 12.1 Å². The highest BCUT2D eigenvalue weighted by Crippen LogP contribution is 2.17. The molecular weight excluding hydrogens is 321 g/mol. The molecule has 2 amide bonds. The van der Waals surface area contributed by atoms with Gasteiger partial charge in [-0.1, -0.05) is 12.1 Å². The lowest BCUT2D eigenvalue weighted by molar-refractivity contribution is 0.194. The molecule has 0 radical (unpaired) electrons. The monoisotopic (exact) mass is 343 g/mol. The predicted molar refractivity (Wildman–Crippen MR) is 95.4 cm³/mol. The summed E-state index contributed by atoms with van der Waals surface area (Å²) in [6, 6.07) is 14.0. The molecule has 1 fully saturated rings. The second-order valence-electron chi connectivity index (χ2n) is 5.96. The highest BCUT2D eigenvalue weighted by molar-refractivity contribution is 5.74. The van der Waals surface area contributed by atoms with Gasteiger partial charge in [-0.2, -0.15) is 0 Å². The summed E-state index contributed by atoms with van der Waals surface area (Å²) in [5, 5.41) is 2.95. The van der Waals surface area contributed by atoms with Crippen LogP contribution in [0.3, 0.4) is 0 Å². The summed E-state index contributed by atoms with van der Waals surface area (Å²) in [6.07, 6.45) is 0. The first-order valence-corrected chi connectivity index (χ1v) is 8.32. The van der Waals surface area contributed by atoms with Gasteiger partial charge in [0.05, 0.1) is 7.11 Å². The number of ether oxygens (including phenoxy) is 1. The van der Waals surface area contributed by atoms with Crippen molar-refractivity contribution >= 4 is 11.7 Å². The van der Waals surface area contributed by atoms with Crippen LogP contribution in [0.4, 0.5) is 14.9 Å². The third-order valence-electron chi connectivity index (χ3n) is 4.34. The third-order valence-corrected chi connectivity index (χ3v) is 4.34. The second-order valence-corrected chi connectivity index (χ2v) is 5.96. The van der Waals surface area contributed by atoms with Gasteiger partial charge in [0, 0.05) is 38.4 Å². The first-order valence-electron chi connectivity index (χ1n) is 8.32. The smallest absolute Gasteiger partial charge is 0.317 e. The van der Waals surface area contributed by atoms with E-state index >= 15 is 0 Å². The van der Waals surface area contributed by atoms with Crippen molar-refractivity contribution in [3.05, 3.63) is 59.9 Å². The summed E-state index contributed by atoms with van der Waals surface area (Å²) in [4.78, 5) is 16.3. The molecule has 1 saturated heterocycles. The lowest BCUT2D eigenvalue weighted by Gasteiger charge is -2.36. The third kappa shape index (κ3) is 4.41. The Morgan fingerprint density at radius 3 is 2.52 bits per heavy atom. The summed E-state index contributed by atoms with van der Waals surface area (Å²) in [5.41, 5.74) is 1.98. The molecule has 0 unspecified atom stereocenters. The molecule has 25 heavy (non-hydrogen) atoms. The van der Waals surface area contributed by atoms with Crippen LogP contribution >= 0.6 is 0 Å².